The van der Waals surface area contributed by atoms with Gasteiger partial charge in [-0.1, -0.05) is 19.3 Å². The average molecular weight is 318 g/mol. The van der Waals surface area contributed by atoms with Crippen LogP contribution in [0.2, 0.25) is 0 Å². The summed E-state index contributed by atoms with van der Waals surface area (Å²) in [5.74, 6) is 0.225. The molecule has 0 atom stereocenters. The number of hydrogen-bond acceptors (Lipinski definition) is 4. The van der Waals surface area contributed by atoms with Crippen molar-refractivity contribution in [2.75, 3.05) is 25.4 Å². The minimum atomic E-state index is -3.13. The number of sulfonamides is 1. The monoisotopic (exact) mass is 318 g/mol. The highest BCUT2D eigenvalue weighted by Gasteiger charge is 2.19. The highest BCUT2D eigenvalue weighted by Crippen LogP contribution is 2.20. The quantitative estimate of drug-likeness (QED) is 0.570. The van der Waals surface area contributed by atoms with Crippen molar-refractivity contribution in [1.82, 2.24) is 10.0 Å². The van der Waals surface area contributed by atoms with Gasteiger partial charge in [-0.25, -0.2) is 13.1 Å². The molecule has 0 radical (unpaired) electrons. The van der Waals surface area contributed by atoms with Gasteiger partial charge in [0.25, 0.3) is 0 Å². The lowest BCUT2D eigenvalue weighted by molar-refractivity contribution is 0.0321. The van der Waals surface area contributed by atoms with Gasteiger partial charge < -0.3 is 10.1 Å². The summed E-state index contributed by atoms with van der Waals surface area (Å²) in [4.78, 5) is 0. The number of ether oxygens (including phenoxy) is 1. The third-order valence-electron chi connectivity index (χ3n) is 4.18. The van der Waals surface area contributed by atoms with E-state index >= 15 is 0 Å². The fourth-order valence-electron chi connectivity index (χ4n) is 2.74. The van der Waals surface area contributed by atoms with Gasteiger partial charge in [-0.05, 0) is 45.1 Å². The first kappa shape index (κ1) is 17.2. The van der Waals surface area contributed by atoms with Crippen molar-refractivity contribution in [3.63, 3.8) is 0 Å². The van der Waals surface area contributed by atoms with Crippen LogP contribution in [0.25, 0.3) is 0 Å². The van der Waals surface area contributed by atoms with Gasteiger partial charge in [0.2, 0.25) is 10.0 Å². The molecule has 0 aliphatic heterocycles. The zero-order valence-electron chi connectivity index (χ0n) is 13.0. The normalized spacial score (nSPS) is 20.8. The summed E-state index contributed by atoms with van der Waals surface area (Å²) in [7, 11) is -3.13. The van der Waals surface area contributed by atoms with Crippen molar-refractivity contribution in [2.24, 2.45) is 0 Å². The second kappa shape index (κ2) is 9.08. The van der Waals surface area contributed by atoms with Crippen LogP contribution in [0.5, 0.6) is 0 Å². The van der Waals surface area contributed by atoms with Crippen LogP contribution < -0.4 is 10.0 Å². The zero-order chi connectivity index (χ0) is 15.0. The fourth-order valence-corrected chi connectivity index (χ4v) is 3.86. The van der Waals surface area contributed by atoms with E-state index in [0.29, 0.717) is 25.3 Å². The van der Waals surface area contributed by atoms with E-state index in [9.17, 15) is 8.42 Å². The maximum Gasteiger partial charge on any atom is 0.211 e. The van der Waals surface area contributed by atoms with Crippen LogP contribution in [0.4, 0.5) is 0 Å². The van der Waals surface area contributed by atoms with Crippen molar-refractivity contribution in [2.45, 2.75) is 69.9 Å². The van der Waals surface area contributed by atoms with Gasteiger partial charge in [0.05, 0.1) is 18.5 Å². The van der Waals surface area contributed by atoms with E-state index in [1.807, 2.05) is 0 Å². The first-order valence-corrected chi connectivity index (χ1v) is 10.1. The summed E-state index contributed by atoms with van der Waals surface area (Å²) in [5, 5.41) is 3.40. The molecule has 0 aromatic carbocycles. The highest BCUT2D eigenvalue weighted by molar-refractivity contribution is 7.89. The standard InChI is InChI=1S/C15H30N2O3S/c18-21(19,13-5-4-10-16-14-8-9-14)17-11-12-20-15-6-2-1-3-7-15/h14-17H,1-13H2. The molecule has 2 fully saturated rings. The van der Waals surface area contributed by atoms with Crippen LogP contribution in [0, 0.1) is 0 Å². The molecule has 124 valence electrons. The molecule has 0 heterocycles. The topological polar surface area (TPSA) is 67.4 Å². The molecule has 0 unspecified atom stereocenters. The Morgan fingerprint density at radius 1 is 0.952 bits per heavy atom. The molecular weight excluding hydrogens is 288 g/mol. The van der Waals surface area contributed by atoms with E-state index in [4.69, 9.17) is 4.74 Å². The predicted octanol–water partition coefficient (Wildman–Crippen LogP) is 1.79. The molecule has 2 rings (SSSR count). The fraction of sp³-hybridized carbons (Fsp3) is 1.00. The summed E-state index contributed by atoms with van der Waals surface area (Å²) in [6.45, 7) is 1.83. The maximum atomic E-state index is 11.8. The molecule has 0 aromatic rings. The van der Waals surface area contributed by atoms with Crippen molar-refractivity contribution in [3.05, 3.63) is 0 Å². The second-order valence-electron chi connectivity index (χ2n) is 6.28. The minimum absolute atomic E-state index is 0.225. The Kier molecular flexibility index (Phi) is 7.43. The summed E-state index contributed by atoms with van der Waals surface area (Å²) in [6.07, 6.45) is 10.6. The van der Waals surface area contributed by atoms with Crippen molar-refractivity contribution < 1.29 is 13.2 Å². The molecule has 21 heavy (non-hydrogen) atoms. The predicted molar refractivity (Wildman–Crippen MR) is 84.9 cm³/mol. The Hall–Kier alpha value is -0.170. The lowest BCUT2D eigenvalue weighted by Crippen LogP contribution is -2.31. The van der Waals surface area contributed by atoms with E-state index in [0.717, 1.165) is 32.2 Å². The smallest absolute Gasteiger partial charge is 0.211 e. The first-order valence-electron chi connectivity index (χ1n) is 8.48. The molecule has 0 bridgehead atoms. The molecule has 0 aromatic heterocycles. The largest absolute Gasteiger partial charge is 0.377 e. The second-order valence-corrected chi connectivity index (χ2v) is 8.21. The van der Waals surface area contributed by atoms with Gasteiger partial charge in [-0.3, -0.25) is 0 Å². The Bertz CT molecular complexity index is 376. The van der Waals surface area contributed by atoms with Gasteiger partial charge in [0.1, 0.15) is 0 Å². The number of nitrogens with one attached hydrogen (secondary N) is 2. The molecular formula is C15H30N2O3S. The van der Waals surface area contributed by atoms with Crippen LogP contribution in [0.15, 0.2) is 0 Å². The lowest BCUT2D eigenvalue weighted by atomic mass is 9.98. The maximum absolute atomic E-state index is 11.8. The summed E-state index contributed by atoms with van der Waals surface area (Å²) in [5.41, 5.74) is 0. The third-order valence-corrected chi connectivity index (χ3v) is 5.65. The summed E-state index contributed by atoms with van der Waals surface area (Å²) in [6, 6.07) is 0.705. The van der Waals surface area contributed by atoms with Crippen LogP contribution in [0.1, 0.15) is 57.8 Å². The number of rotatable bonds is 11. The van der Waals surface area contributed by atoms with Crippen molar-refractivity contribution >= 4 is 10.0 Å². The van der Waals surface area contributed by atoms with Gasteiger partial charge in [-0.2, -0.15) is 0 Å². The van der Waals surface area contributed by atoms with E-state index in [1.54, 1.807) is 0 Å². The molecule has 2 aliphatic carbocycles. The van der Waals surface area contributed by atoms with Crippen molar-refractivity contribution in [3.8, 4) is 0 Å². The van der Waals surface area contributed by atoms with E-state index in [1.165, 1.54) is 32.1 Å². The molecule has 2 aliphatic rings. The molecule has 0 saturated heterocycles. The van der Waals surface area contributed by atoms with Crippen LogP contribution in [-0.2, 0) is 14.8 Å². The summed E-state index contributed by atoms with van der Waals surface area (Å²) >= 11 is 0. The molecule has 0 spiro atoms. The van der Waals surface area contributed by atoms with Gasteiger partial charge in [0, 0.05) is 12.6 Å². The van der Waals surface area contributed by atoms with E-state index in [-0.39, 0.29) is 5.75 Å². The highest BCUT2D eigenvalue weighted by atomic mass is 32.2. The number of hydrogen-bond donors (Lipinski definition) is 2. The van der Waals surface area contributed by atoms with Crippen LogP contribution >= 0.6 is 0 Å². The Morgan fingerprint density at radius 2 is 1.71 bits per heavy atom. The Balaban J connectivity index is 1.45. The van der Waals surface area contributed by atoms with Crippen LogP contribution in [-0.4, -0.2) is 46.0 Å². The zero-order valence-corrected chi connectivity index (χ0v) is 13.8. The first-order chi connectivity index (χ1) is 10.2. The summed E-state index contributed by atoms with van der Waals surface area (Å²) < 4.78 is 32.0. The molecule has 0 amide bonds. The Labute approximate surface area is 129 Å². The molecule has 6 heteroatoms. The SMILES string of the molecule is O=S(=O)(CCCCNC1CC1)NCCOC1CCCCC1. The van der Waals surface area contributed by atoms with E-state index < -0.39 is 10.0 Å². The average Bonchev–Trinajstić information content (AvgIpc) is 3.29. The number of unbranched alkanes of at least 4 members (excludes halogenated alkanes) is 1. The Morgan fingerprint density at radius 3 is 2.43 bits per heavy atom. The molecule has 2 N–H and O–H groups in total. The molecule has 2 saturated carbocycles. The van der Waals surface area contributed by atoms with Crippen LogP contribution in [0.3, 0.4) is 0 Å². The minimum Gasteiger partial charge on any atom is -0.377 e. The van der Waals surface area contributed by atoms with Crippen molar-refractivity contribution in [1.29, 1.82) is 0 Å². The van der Waals surface area contributed by atoms with Gasteiger partial charge >= 0.3 is 0 Å². The molecule has 5 nitrogen and oxygen atoms in total. The van der Waals surface area contributed by atoms with E-state index in [2.05, 4.69) is 10.0 Å². The van der Waals surface area contributed by atoms with Gasteiger partial charge in [0.15, 0.2) is 0 Å². The lowest BCUT2D eigenvalue weighted by Gasteiger charge is -2.21. The van der Waals surface area contributed by atoms with Gasteiger partial charge in [-0.15, -0.1) is 0 Å². The third kappa shape index (κ3) is 8.14.